The van der Waals surface area contributed by atoms with E-state index in [9.17, 15) is 4.39 Å². The molecule has 1 saturated heterocycles. The normalized spacial score (nSPS) is 17.4. The van der Waals surface area contributed by atoms with E-state index in [1.54, 1.807) is 17.4 Å². The molecule has 2 aromatic heterocycles. The lowest BCUT2D eigenvalue weighted by molar-refractivity contribution is 0.311. The number of nitrogens with one attached hydrogen (secondary N) is 1. The highest BCUT2D eigenvalue weighted by atomic mass is 32.1. The molecule has 0 bridgehead atoms. The van der Waals surface area contributed by atoms with Gasteiger partial charge in [-0.15, -0.1) is 11.3 Å². The van der Waals surface area contributed by atoms with Crippen LogP contribution >= 0.6 is 11.3 Å². The van der Waals surface area contributed by atoms with Crippen LogP contribution in [0.15, 0.2) is 46.3 Å². The number of anilines is 2. The molecule has 0 unspecified atom stereocenters. The Morgan fingerprint density at radius 1 is 1.08 bits per heavy atom. The van der Waals surface area contributed by atoms with Crippen molar-refractivity contribution in [2.24, 2.45) is 4.99 Å². The largest absolute Gasteiger partial charge is 0.421 e. The molecule has 6 rings (SSSR count). The van der Waals surface area contributed by atoms with Crippen LogP contribution in [-0.2, 0) is 6.42 Å². The number of hydrogen-bond donors (Lipinski definition) is 1. The van der Waals surface area contributed by atoms with Crippen molar-refractivity contribution in [3.8, 4) is 11.8 Å². The number of halogens is 2. The molecule has 190 valence electrons. The van der Waals surface area contributed by atoms with E-state index in [2.05, 4.69) is 43.2 Å². The minimum Gasteiger partial charge on any atom is -0.421 e. The zero-order valence-corrected chi connectivity index (χ0v) is 21.4. The van der Waals surface area contributed by atoms with Gasteiger partial charge in [0.1, 0.15) is 23.3 Å². The molecule has 0 spiro atoms. The summed E-state index contributed by atoms with van der Waals surface area (Å²) >= 11 is 1.67. The maximum absolute atomic E-state index is 15.3. The van der Waals surface area contributed by atoms with Gasteiger partial charge in [0.15, 0.2) is 11.6 Å². The Bertz CT molecular complexity index is 1440. The first-order valence-corrected chi connectivity index (χ1v) is 13.1. The number of fused-ring (bicyclic) bond motifs is 1. The fourth-order valence-electron chi connectivity index (χ4n) is 4.70. The van der Waals surface area contributed by atoms with Crippen molar-refractivity contribution in [3.05, 3.63) is 68.9 Å². The highest BCUT2D eigenvalue weighted by Crippen LogP contribution is 2.36. The topological polar surface area (TPSA) is 65.9 Å². The number of rotatable bonds is 5. The molecule has 3 aliphatic rings. The van der Waals surface area contributed by atoms with Gasteiger partial charge in [0.25, 0.3) is 0 Å². The van der Waals surface area contributed by atoms with E-state index in [4.69, 9.17) is 4.74 Å². The molecule has 1 fully saturated rings. The second kappa shape index (κ2) is 9.68. The van der Waals surface area contributed by atoms with Crippen LogP contribution in [0, 0.1) is 11.6 Å². The molecule has 1 N–H and O–H groups in total. The first kappa shape index (κ1) is 23.7. The number of piperazine rings is 1. The van der Waals surface area contributed by atoms with E-state index in [1.165, 1.54) is 4.88 Å². The van der Waals surface area contributed by atoms with Gasteiger partial charge >= 0.3 is 6.01 Å². The Morgan fingerprint density at radius 2 is 1.92 bits per heavy atom. The second-order valence-electron chi connectivity index (χ2n) is 9.49. The average Bonchev–Trinajstić information content (AvgIpc) is 3.64. The highest BCUT2D eigenvalue weighted by Gasteiger charge is 2.24. The van der Waals surface area contributed by atoms with Crippen molar-refractivity contribution in [3.63, 3.8) is 0 Å². The van der Waals surface area contributed by atoms with Crippen LogP contribution < -0.4 is 15.0 Å². The summed E-state index contributed by atoms with van der Waals surface area (Å²) in [5.74, 6) is 0.452. The summed E-state index contributed by atoms with van der Waals surface area (Å²) in [6.07, 6.45) is 4.05. The summed E-state index contributed by atoms with van der Waals surface area (Å²) < 4.78 is 35.8. The van der Waals surface area contributed by atoms with Crippen LogP contribution in [0.4, 0.5) is 20.4 Å². The summed E-state index contributed by atoms with van der Waals surface area (Å²) in [7, 11) is 2.08. The number of ether oxygens (including phenoxy) is 1. The standard InChI is InChI=1S/C27H26F2N6OS/c1-16-10-18-19(11-16)26(29)21(13-20(18)28)36-27-32-24(14-25(33-27)35-7-5-34(2)6-8-35)31-23-12-17(15-30-23)22-4-3-9-37-22/h3-4,9,11-14H,5-8,10,15H2,1-2H3,(H,30,31,32,33). The molecular formula is C27H26F2N6OS. The number of nitrogens with zero attached hydrogens (tertiary/aromatic N) is 5. The van der Waals surface area contributed by atoms with Crippen LogP contribution in [0.1, 0.15) is 22.9 Å². The number of allylic oxidation sites excluding steroid dienone is 1. The fraction of sp³-hybridized carbons (Fsp3) is 0.296. The maximum Gasteiger partial charge on any atom is 0.326 e. The quantitative estimate of drug-likeness (QED) is 0.497. The molecule has 37 heavy (non-hydrogen) atoms. The fourth-order valence-corrected chi connectivity index (χ4v) is 5.44. The molecule has 2 aliphatic heterocycles. The van der Waals surface area contributed by atoms with E-state index >= 15 is 4.39 Å². The number of likely N-dealkylation sites (N-methyl/N-ethyl adjacent to an activating group) is 1. The number of aromatic nitrogens is 2. The SMILES string of the molecule is CC1=Cc2c(F)c(Oc3nc(NC4=NCC(c5cccs5)=C4)cc(N4CCN(C)CC4)n3)cc(F)c2C1. The molecule has 1 aromatic carbocycles. The predicted molar refractivity (Wildman–Crippen MR) is 144 cm³/mol. The molecule has 0 amide bonds. The molecule has 4 heterocycles. The van der Waals surface area contributed by atoms with Crippen LogP contribution in [0.25, 0.3) is 11.6 Å². The van der Waals surface area contributed by atoms with Gasteiger partial charge in [-0.1, -0.05) is 17.7 Å². The van der Waals surface area contributed by atoms with Gasteiger partial charge in [0.05, 0.1) is 6.54 Å². The van der Waals surface area contributed by atoms with Gasteiger partial charge in [0, 0.05) is 54.3 Å². The number of amidine groups is 1. The third kappa shape index (κ3) is 4.86. The number of benzene rings is 1. The van der Waals surface area contributed by atoms with Gasteiger partial charge in [-0.2, -0.15) is 9.97 Å². The Morgan fingerprint density at radius 3 is 2.70 bits per heavy atom. The summed E-state index contributed by atoms with van der Waals surface area (Å²) in [6, 6.07) is 6.94. The van der Waals surface area contributed by atoms with Crippen LogP contribution in [0.3, 0.4) is 0 Å². The third-order valence-electron chi connectivity index (χ3n) is 6.72. The Hall–Kier alpha value is -3.63. The van der Waals surface area contributed by atoms with Crippen molar-refractivity contribution in [2.45, 2.75) is 13.3 Å². The van der Waals surface area contributed by atoms with Gasteiger partial charge < -0.3 is 19.9 Å². The van der Waals surface area contributed by atoms with E-state index < -0.39 is 11.6 Å². The number of thiophene rings is 1. The van der Waals surface area contributed by atoms with E-state index in [1.807, 2.05) is 30.5 Å². The first-order chi connectivity index (χ1) is 17.9. The molecule has 1 aliphatic carbocycles. The Labute approximate surface area is 217 Å². The van der Waals surface area contributed by atoms with Crippen molar-refractivity contribution >= 4 is 40.5 Å². The summed E-state index contributed by atoms with van der Waals surface area (Å²) in [5.41, 5.74) is 2.61. The summed E-state index contributed by atoms with van der Waals surface area (Å²) in [5, 5.41) is 5.29. The predicted octanol–water partition coefficient (Wildman–Crippen LogP) is 5.23. The van der Waals surface area contributed by atoms with Crippen molar-refractivity contribution in [1.29, 1.82) is 0 Å². The molecule has 0 saturated carbocycles. The molecule has 0 atom stereocenters. The first-order valence-electron chi connectivity index (χ1n) is 12.2. The van der Waals surface area contributed by atoms with Gasteiger partial charge in [-0.25, -0.2) is 8.78 Å². The smallest absolute Gasteiger partial charge is 0.326 e. The van der Waals surface area contributed by atoms with Gasteiger partial charge in [0.2, 0.25) is 0 Å². The van der Waals surface area contributed by atoms with E-state index in [-0.39, 0.29) is 17.3 Å². The number of hydrogen-bond acceptors (Lipinski definition) is 8. The Balaban J connectivity index is 1.32. The van der Waals surface area contributed by atoms with Crippen LogP contribution in [0.5, 0.6) is 11.8 Å². The average molecular weight is 521 g/mol. The van der Waals surface area contributed by atoms with Gasteiger partial charge in [-0.3, -0.25) is 4.99 Å². The molecule has 3 aromatic rings. The summed E-state index contributed by atoms with van der Waals surface area (Å²) in [6.45, 7) is 5.76. The van der Waals surface area contributed by atoms with Gasteiger partial charge in [-0.05, 0) is 43.5 Å². The summed E-state index contributed by atoms with van der Waals surface area (Å²) in [4.78, 5) is 19.2. The highest BCUT2D eigenvalue weighted by molar-refractivity contribution is 7.11. The van der Waals surface area contributed by atoms with Crippen LogP contribution in [-0.4, -0.2) is 60.5 Å². The molecular weight excluding hydrogens is 494 g/mol. The Kier molecular flexibility index (Phi) is 6.21. The monoisotopic (exact) mass is 520 g/mol. The zero-order chi connectivity index (χ0) is 25.5. The van der Waals surface area contributed by atoms with Crippen molar-refractivity contribution in [1.82, 2.24) is 14.9 Å². The number of aliphatic imine (C=N–C) groups is 1. The lowest BCUT2D eigenvalue weighted by Gasteiger charge is -2.33. The lowest BCUT2D eigenvalue weighted by Crippen LogP contribution is -2.44. The third-order valence-corrected chi connectivity index (χ3v) is 7.66. The van der Waals surface area contributed by atoms with Crippen molar-refractivity contribution < 1.29 is 13.5 Å². The minimum atomic E-state index is -0.611. The second-order valence-corrected chi connectivity index (χ2v) is 10.4. The van der Waals surface area contributed by atoms with Crippen LogP contribution in [0.2, 0.25) is 0 Å². The van der Waals surface area contributed by atoms with Crippen molar-refractivity contribution in [2.75, 3.05) is 50.0 Å². The van der Waals surface area contributed by atoms with E-state index in [0.29, 0.717) is 36.0 Å². The molecule has 7 nitrogen and oxygen atoms in total. The maximum atomic E-state index is 15.3. The molecule has 10 heteroatoms. The molecule has 0 radical (unpaired) electrons. The minimum absolute atomic E-state index is 0.0584. The zero-order valence-electron chi connectivity index (χ0n) is 20.6. The van der Waals surface area contributed by atoms with E-state index in [0.717, 1.165) is 43.4 Å². The lowest BCUT2D eigenvalue weighted by atomic mass is 10.1.